The van der Waals surface area contributed by atoms with Crippen LogP contribution in [0.2, 0.25) is 0 Å². The number of carbonyl (C=O) groups excluding carboxylic acids is 1. The van der Waals surface area contributed by atoms with E-state index in [1.165, 1.54) is 24.7 Å². The number of benzene rings is 1. The third-order valence-corrected chi connectivity index (χ3v) is 4.19. The predicted octanol–water partition coefficient (Wildman–Crippen LogP) is 3.17. The van der Waals surface area contributed by atoms with Crippen molar-refractivity contribution in [2.45, 2.75) is 13.3 Å². The fourth-order valence-corrected chi connectivity index (χ4v) is 3.00. The Labute approximate surface area is 151 Å². The third-order valence-electron chi connectivity index (χ3n) is 2.83. The summed E-state index contributed by atoms with van der Waals surface area (Å²) < 4.78 is 10.7. The number of hydrogen-bond donors (Lipinski definition) is 2. The van der Waals surface area contributed by atoms with Crippen LogP contribution in [0.3, 0.4) is 0 Å². The summed E-state index contributed by atoms with van der Waals surface area (Å²) >= 11 is 4.64. The number of nitrogens with one attached hydrogen (secondary N) is 1. The Bertz CT molecular complexity index is 748. The van der Waals surface area contributed by atoms with Crippen LogP contribution in [0.4, 0.5) is 5.13 Å². The molecule has 0 fully saturated rings. The molecule has 0 aliphatic carbocycles. The lowest BCUT2D eigenvalue weighted by atomic mass is 10.2. The first-order chi connectivity index (χ1) is 11.5. The summed E-state index contributed by atoms with van der Waals surface area (Å²) in [5, 5.41) is 14.6. The number of phenols is 1. The normalized spacial score (nSPS) is 10.8. The van der Waals surface area contributed by atoms with E-state index in [2.05, 4.69) is 31.4 Å². The number of hydrazone groups is 1. The molecule has 24 heavy (non-hydrogen) atoms. The Morgan fingerprint density at radius 2 is 2.33 bits per heavy atom. The molecular formula is C15H16BrN3O4S. The van der Waals surface area contributed by atoms with Crippen molar-refractivity contribution in [3.8, 4) is 11.5 Å². The molecule has 0 aliphatic heterocycles. The van der Waals surface area contributed by atoms with Crippen molar-refractivity contribution in [1.29, 1.82) is 0 Å². The molecule has 1 heterocycles. The van der Waals surface area contributed by atoms with Gasteiger partial charge >= 0.3 is 5.97 Å². The third kappa shape index (κ3) is 4.93. The van der Waals surface area contributed by atoms with Crippen LogP contribution >= 0.6 is 27.3 Å². The minimum absolute atomic E-state index is 0.00612. The average Bonchev–Trinajstić information content (AvgIpc) is 2.97. The second-order valence-corrected chi connectivity index (χ2v) is 6.56. The highest BCUT2D eigenvalue weighted by molar-refractivity contribution is 9.10. The number of thiazole rings is 1. The van der Waals surface area contributed by atoms with Crippen molar-refractivity contribution in [3.05, 3.63) is 33.2 Å². The molecule has 0 saturated carbocycles. The molecule has 0 spiro atoms. The number of esters is 1. The minimum atomic E-state index is -0.289. The molecule has 9 heteroatoms. The Balaban J connectivity index is 2.01. The Kier molecular flexibility index (Phi) is 6.56. The molecule has 1 aromatic heterocycles. The molecule has 2 rings (SSSR count). The van der Waals surface area contributed by atoms with Crippen molar-refractivity contribution in [2.75, 3.05) is 19.1 Å². The topological polar surface area (TPSA) is 93.0 Å². The maximum Gasteiger partial charge on any atom is 0.311 e. The first kappa shape index (κ1) is 18.2. The minimum Gasteiger partial charge on any atom is -0.504 e. The van der Waals surface area contributed by atoms with Gasteiger partial charge < -0.3 is 14.6 Å². The van der Waals surface area contributed by atoms with E-state index < -0.39 is 0 Å². The van der Waals surface area contributed by atoms with Crippen LogP contribution in [0, 0.1) is 0 Å². The van der Waals surface area contributed by atoms with Gasteiger partial charge in [-0.2, -0.15) is 5.10 Å². The summed E-state index contributed by atoms with van der Waals surface area (Å²) in [4.78, 5) is 16.3. The smallest absolute Gasteiger partial charge is 0.311 e. The molecular weight excluding hydrogens is 398 g/mol. The van der Waals surface area contributed by atoms with E-state index in [1.807, 2.05) is 0 Å². The van der Waals surface area contributed by atoms with Gasteiger partial charge in [0, 0.05) is 21.1 Å². The number of ether oxygens (including phenoxy) is 2. The van der Waals surface area contributed by atoms with Crippen LogP contribution in [0.5, 0.6) is 11.5 Å². The number of phenolic OH excluding ortho intramolecular Hbond substituents is 1. The first-order valence-electron chi connectivity index (χ1n) is 6.99. The highest BCUT2D eigenvalue weighted by Gasteiger charge is 2.09. The number of methoxy groups -OCH3 is 1. The van der Waals surface area contributed by atoms with E-state index in [9.17, 15) is 9.90 Å². The van der Waals surface area contributed by atoms with Gasteiger partial charge in [0.15, 0.2) is 11.5 Å². The van der Waals surface area contributed by atoms with Crippen molar-refractivity contribution >= 4 is 44.6 Å². The lowest BCUT2D eigenvalue weighted by Gasteiger charge is -2.06. The van der Waals surface area contributed by atoms with Crippen LogP contribution in [0.15, 0.2) is 27.9 Å². The predicted molar refractivity (Wildman–Crippen MR) is 96.0 cm³/mol. The molecule has 0 atom stereocenters. The van der Waals surface area contributed by atoms with Crippen LogP contribution in [-0.4, -0.2) is 36.0 Å². The highest BCUT2D eigenvalue weighted by Crippen LogP contribution is 2.32. The number of nitrogens with zero attached hydrogens (tertiary/aromatic N) is 2. The quantitative estimate of drug-likeness (QED) is 0.411. The molecule has 2 aromatic rings. The van der Waals surface area contributed by atoms with Crippen molar-refractivity contribution in [1.82, 2.24) is 4.98 Å². The zero-order chi connectivity index (χ0) is 17.5. The molecule has 0 saturated heterocycles. The molecule has 1 aromatic carbocycles. The van der Waals surface area contributed by atoms with Crippen molar-refractivity contribution in [2.24, 2.45) is 5.10 Å². The number of carbonyl (C=O) groups is 1. The Hall–Kier alpha value is -2.13. The van der Waals surface area contributed by atoms with Gasteiger partial charge in [-0.25, -0.2) is 4.98 Å². The van der Waals surface area contributed by atoms with Crippen molar-refractivity contribution < 1.29 is 19.4 Å². The summed E-state index contributed by atoms with van der Waals surface area (Å²) in [6.45, 7) is 2.12. The SMILES string of the molecule is CCOC(=O)Cc1cnc(N/N=C/c2cc(Br)cc(OC)c2O)s1. The van der Waals surface area contributed by atoms with Crippen LogP contribution in [0.25, 0.3) is 0 Å². The Morgan fingerprint density at radius 1 is 1.54 bits per heavy atom. The van der Waals surface area contributed by atoms with Gasteiger partial charge in [0.1, 0.15) is 0 Å². The zero-order valence-corrected chi connectivity index (χ0v) is 15.5. The van der Waals surface area contributed by atoms with E-state index in [1.54, 1.807) is 25.3 Å². The number of hydrogen-bond acceptors (Lipinski definition) is 8. The second-order valence-electron chi connectivity index (χ2n) is 4.53. The summed E-state index contributed by atoms with van der Waals surface area (Å²) in [5.74, 6) is 0.0486. The Morgan fingerprint density at radius 3 is 3.04 bits per heavy atom. The van der Waals surface area contributed by atoms with E-state index >= 15 is 0 Å². The summed E-state index contributed by atoms with van der Waals surface area (Å²) in [6, 6.07) is 3.36. The second kappa shape index (κ2) is 8.65. The van der Waals surface area contributed by atoms with Gasteiger partial charge in [-0.05, 0) is 19.1 Å². The van der Waals surface area contributed by atoms with Gasteiger partial charge in [0.05, 0.1) is 26.4 Å². The van der Waals surface area contributed by atoms with E-state index in [-0.39, 0.29) is 18.1 Å². The summed E-state index contributed by atoms with van der Waals surface area (Å²) in [5.41, 5.74) is 3.24. The number of rotatable bonds is 7. The van der Waals surface area contributed by atoms with Crippen LogP contribution in [-0.2, 0) is 16.0 Å². The van der Waals surface area contributed by atoms with Crippen LogP contribution < -0.4 is 10.2 Å². The fraction of sp³-hybridized carbons (Fsp3) is 0.267. The standard InChI is InChI=1S/C15H16BrN3O4S/c1-3-23-13(20)6-11-8-17-15(24-11)19-18-7-9-4-10(16)5-12(22-2)14(9)21/h4-5,7-8,21H,3,6H2,1-2H3,(H,17,19)/b18-7+. The number of anilines is 1. The molecule has 2 N–H and O–H groups in total. The average molecular weight is 414 g/mol. The first-order valence-corrected chi connectivity index (χ1v) is 8.60. The maximum atomic E-state index is 11.4. The van der Waals surface area contributed by atoms with E-state index in [0.717, 1.165) is 9.35 Å². The van der Waals surface area contributed by atoms with Gasteiger partial charge in [0.2, 0.25) is 5.13 Å². The van der Waals surface area contributed by atoms with E-state index in [4.69, 9.17) is 9.47 Å². The number of aromatic hydroxyl groups is 1. The lowest BCUT2D eigenvalue weighted by Crippen LogP contribution is -2.06. The van der Waals surface area contributed by atoms with E-state index in [0.29, 0.717) is 23.1 Å². The van der Waals surface area contributed by atoms with Gasteiger partial charge in [-0.15, -0.1) is 0 Å². The monoisotopic (exact) mass is 413 g/mol. The molecule has 128 valence electrons. The molecule has 0 radical (unpaired) electrons. The molecule has 0 bridgehead atoms. The molecule has 0 unspecified atom stereocenters. The number of halogens is 1. The molecule has 0 aliphatic rings. The molecule has 0 amide bonds. The zero-order valence-electron chi connectivity index (χ0n) is 13.1. The fourth-order valence-electron chi connectivity index (χ4n) is 1.80. The number of aromatic nitrogens is 1. The largest absolute Gasteiger partial charge is 0.504 e. The van der Waals surface area contributed by atoms with Gasteiger partial charge in [-0.3, -0.25) is 10.2 Å². The summed E-state index contributed by atoms with van der Waals surface area (Å²) in [7, 11) is 1.47. The summed E-state index contributed by atoms with van der Waals surface area (Å²) in [6.07, 6.45) is 3.23. The van der Waals surface area contributed by atoms with Crippen molar-refractivity contribution in [3.63, 3.8) is 0 Å². The van der Waals surface area contributed by atoms with Gasteiger partial charge in [0.25, 0.3) is 0 Å². The molecule has 7 nitrogen and oxygen atoms in total. The highest BCUT2D eigenvalue weighted by atomic mass is 79.9. The lowest BCUT2D eigenvalue weighted by molar-refractivity contribution is -0.142. The van der Waals surface area contributed by atoms with Gasteiger partial charge in [-0.1, -0.05) is 27.3 Å². The maximum absolute atomic E-state index is 11.4. The van der Waals surface area contributed by atoms with Crippen LogP contribution in [0.1, 0.15) is 17.4 Å².